The van der Waals surface area contributed by atoms with Crippen LogP contribution in [-0.2, 0) is 9.59 Å². The molecule has 1 aliphatic heterocycles. The van der Waals surface area contributed by atoms with Crippen LogP contribution in [0.15, 0.2) is 40.5 Å². The van der Waals surface area contributed by atoms with E-state index in [-0.39, 0.29) is 18.4 Å². The van der Waals surface area contributed by atoms with Gasteiger partial charge in [0.2, 0.25) is 5.91 Å². The zero-order valence-corrected chi connectivity index (χ0v) is 12.2. The first-order valence-corrected chi connectivity index (χ1v) is 6.79. The molecule has 1 aromatic rings. The standard InChI is InChI=1S/C15H18N4O2/c1-11-8-9-15(21)19(18-11)10-14(20)17-16-12(2)13-6-4-3-5-7-13/h3-7H,8-10H2,1-2H3,(H,17,20)/b16-12+. The molecule has 1 aliphatic rings. The van der Waals surface area contributed by atoms with Crippen molar-refractivity contribution in [2.24, 2.45) is 10.2 Å². The van der Waals surface area contributed by atoms with Crippen molar-refractivity contribution in [1.29, 1.82) is 0 Å². The van der Waals surface area contributed by atoms with E-state index in [0.29, 0.717) is 18.6 Å². The highest BCUT2D eigenvalue weighted by atomic mass is 16.2. The molecule has 2 rings (SSSR count). The van der Waals surface area contributed by atoms with E-state index in [9.17, 15) is 9.59 Å². The first kappa shape index (κ1) is 14.9. The summed E-state index contributed by atoms with van der Waals surface area (Å²) < 4.78 is 0. The minimum atomic E-state index is -0.364. The summed E-state index contributed by atoms with van der Waals surface area (Å²) in [6.45, 7) is 3.54. The van der Waals surface area contributed by atoms with Crippen LogP contribution in [-0.4, -0.2) is 34.8 Å². The zero-order valence-electron chi connectivity index (χ0n) is 12.2. The molecule has 21 heavy (non-hydrogen) atoms. The monoisotopic (exact) mass is 286 g/mol. The molecule has 1 heterocycles. The fourth-order valence-electron chi connectivity index (χ4n) is 1.91. The number of hydrogen-bond donors (Lipinski definition) is 1. The summed E-state index contributed by atoms with van der Waals surface area (Å²) in [7, 11) is 0. The summed E-state index contributed by atoms with van der Waals surface area (Å²) in [6, 6.07) is 9.54. The summed E-state index contributed by atoms with van der Waals surface area (Å²) in [5.74, 6) is -0.503. The molecule has 0 aliphatic carbocycles. The molecule has 110 valence electrons. The van der Waals surface area contributed by atoms with Gasteiger partial charge in [0.15, 0.2) is 0 Å². The van der Waals surface area contributed by atoms with Crippen LogP contribution in [0, 0.1) is 0 Å². The maximum Gasteiger partial charge on any atom is 0.261 e. The molecule has 0 aromatic heterocycles. The molecule has 0 fully saturated rings. The molecule has 6 heteroatoms. The minimum Gasteiger partial charge on any atom is -0.273 e. The lowest BCUT2D eigenvalue weighted by molar-refractivity contribution is -0.136. The van der Waals surface area contributed by atoms with E-state index in [0.717, 1.165) is 11.3 Å². The third-order valence-corrected chi connectivity index (χ3v) is 3.11. The second-order valence-electron chi connectivity index (χ2n) is 4.88. The van der Waals surface area contributed by atoms with E-state index in [1.54, 1.807) is 0 Å². The molecular formula is C15H18N4O2. The Hall–Kier alpha value is -2.50. The normalized spacial score (nSPS) is 15.7. The van der Waals surface area contributed by atoms with E-state index < -0.39 is 0 Å². The average molecular weight is 286 g/mol. The first-order valence-electron chi connectivity index (χ1n) is 6.79. The van der Waals surface area contributed by atoms with E-state index in [4.69, 9.17) is 0 Å². The number of amides is 2. The van der Waals surface area contributed by atoms with Gasteiger partial charge in [-0.2, -0.15) is 10.2 Å². The Kier molecular flexibility index (Phi) is 4.81. The maximum atomic E-state index is 11.8. The molecule has 0 radical (unpaired) electrons. The highest BCUT2D eigenvalue weighted by molar-refractivity contribution is 5.99. The van der Waals surface area contributed by atoms with Gasteiger partial charge in [0, 0.05) is 12.1 Å². The second-order valence-corrected chi connectivity index (χ2v) is 4.88. The SMILES string of the molecule is CC1=NN(CC(=O)N/N=C(\C)c2ccccc2)C(=O)CC1. The van der Waals surface area contributed by atoms with E-state index >= 15 is 0 Å². The summed E-state index contributed by atoms with van der Waals surface area (Å²) in [4.78, 5) is 23.5. The van der Waals surface area contributed by atoms with Crippen LogP contribution in [0.5, 0.6) is 0 Å². The van der Waals surface area contributed by atoms with Crippen molar-refractivity contribution >= 4 is 23.2 Å². The number of hydrazone groups is 2. The molecule has 2 amide bonds. The fourth-order valence-corrected chi connectivity index (χ4v) is 1.91. The van der Waals surface area contributed by atoms with Gasteiger partial charge >= 0.3 is 0 Å². The topological polar surface area (TPSA) is 74.1 Å². The fraction of sp³-hybridized carbons (Fsp3) is 0.333. The summed E-state index contributed by atoms with van der Waals surface area (Å²) in [6.07, 6.45) is 1.05. The highest BCUT2D eigenvalue weighted by Crippen LogP contribution is 2.08. The maximum absolute atomic E-state index is 11.8. The lowest BCUT2D eigenvalue weighted by Crippen LogP contribution is -2.38. The lowest BCUT2D eigenvalue weighted by atomic mass is 10.1. The number of carbonyl (C=O) groups is 2. The number of nitrogens with one attached hydrogen (secondary N) is 1. The number of rotatable bonds is 4. The Bertz CT molecular complexity index is 593. The van der Waals surface area contributed by atoms with Gasteiger partial charge in [-0.05, 0) is 25.8 Å². The van der Waals surface area contributed by atoms with Crippen molar-refractivity contribution in [3.8, 4) is 0 Å². The third kappa shape index (κ3) is 4.24. The Morgan fingerprint density at radius 3 is 2.76 bits per heavy atom. The summed E-state index contributed by atoms with van der Waals surface area (Å²) in [5, 5.41) is 9.31. The Morgan fingerprint density at radius 2 is 2.05 bits per heavy atom. The van der Waals surface area contributed by atoms with Gasteiger partial charge in [0.25, 0.3) is 5.91 Å². The number of nitrogens with zero attached hydrogens (tertiary/aromatic N) is 3. The number of carbonyl (C=O) groups excluding carboxylic acids is 2. The van der Waals surface area contributed by atoms with Gasteiger partial charge in [0.1, 0.15) is 6.54 Å². The van der Waals surface area contributed by atoms with Crippen molar-refractivity contribution in [3.05, 3.63) is 35.9 Å². The van der Waals surface area contributed by atoms with Gasteiger partial charge in [-0.3, -0.25) is 9.59 Å². The van der Waals surface area contributed by atoms with Crippen LogP contribution in [0.25, 0.3) is 0 Å². The molecule has 0 saturated heterocycles. The smallest absolute Gasteiger partial charge is 0.261 e. The Balaban J connectivity index is 1.93. The lowest BCUT2D eigenvalue weighted by Gasteiger charge is -2.21. The summed E-state index contributed by atoms with van der Waals surface area (Å²) >= 11 is 0. The van der Waals surface area contributed by atoms with Crippen molar-refractivity contribution in [3.63, 3.8) is 0 Å². The molecule has 0 saturated carbocycles. The molecule has 6 nitrogen and oxygen atoms in total. The largest absolute Gasteiger partial charge is 0.273 e. The predicted octanol–water partition coefficient (Wildman–Crippen LogP) is 1.53. The highest BCUT2D eigenvalue weighted by Gasteiger charge is 2.20. The molecule has 0 unspecified atom stereocenters. The van der Waals surface area contributed by atoms with Gasteiger partial charge in [0.05, 0.1) is 5.71 Å². The van der Waals surface area contributed by atoms with Gasteiger partial charge in [-0.1, -0.05) is 30.3 Å². The third-order valence-electron chi connectivity index (χ3n) is 3.11. The van der Waals surface area contributed by atoms with Gasteiger partial charge < -0.3 is 0 Å². The van der Waals surface area contributed by atoms with E-state index in [2.05, 4.69) is 15.6 Å². The predicted molar refractivity (Wildman–Crippen MR) is 80.9 cm³/mol. The second kappa shape index (κ2) is 6.78. The molecule has 1 aromatic carbocycles. The van der Waals surface area contributed by atoms with Crippen molar-refractivity contribution < 1.29 is 9.59 Å². The van der Waals surface area contributed by atoms with Crippen LogP contribution in [0.4, 0.5) is 0 Å². The van der Waals surface area contributed by atoms with Gasteiger partial charge in [-0.15, -0.1) is 0 Å². The Morgan fingerprint density at radius 1 is 1.33 bits per heavy atom. The zero-order chi connectivity index (χ0) is 15.2. The minimum absolute atomic E-state index is 0.109. The molecule has 0 atom stereocenters. The average Bonchev–Trinajstić information content (AvgIpc) is 2.49. The number of hydrogen-bond acceptors (Lipinski definition) is 4. The van der Waals surface area contributed by atoms with Crippen LogP contribution >= 0.6 is 0 Å². The van der Waals surface area contributed by atoms with Crippen LogP contribution in [0.1, 0.15) is 32.3 Å². The van der Waals surface area contributed by atoms with E-state index in [1.807, 2.05) is 44.2 Å². The quantitative estimate of drug-likeness (QED) is 0.673. The van der Waals surface area contributed by atoms with Crippen molar-refractivity contribution in [2.45, 2.75) is 26.7 Å². The Labute approximate surface area is 123 Å². The first-order chi connectivity index (χ1) is 10.1. The summed E-state index contributed by atoms with van der Waals surface area (Å²) in [5.41, 5.74) is 4.94. The van der Waals surface area contributed by atoms with E-state index in [1.165, 1.54) is 5.01 Å². The molecular weight excluding hydrogens is 268 g/mol. The number of benzene rings is 1. The van der Waals surface area contributed by atoms with Gasteiger partial charge in [-0.25, -0.2) is 10.4 Å². The molecule has 0 spiro atoms. The molecule has 1 N–H and O–H groups in total. The van der Waals surface area contributed by atoms with Crippen molar-refractivity contribution in [2.75, 3.05) is 6.54 Å². The van der Waals surface area contributed by atoms with Crippen LogP contribution < -0.4 is 5.43 Å². The molecule has 0 bridgehead atoms. The van der Waals surface area contributed by atoms with Crippen LogP contribution in [0.2, 0.25) is 0 Å². The van der Waals surface area contributed by atoms with Crippen LogP contribution in [0.3, 0.4) is 0 Å². The van der Waals surface area contributed by atoms with Crippen molar-refractivity contribution in [1.82, 2.24) is 10.4 Å².